The summed E-state index contributed by atoms with van der Waals surface area (Å²) in [6.45, 7) is 7.15. The van der Waals surface area contributed by atoms with E-state index in [0.717, 1.165) is 11.7 Å². The number of rotatable bonds is 2. The summed E-state index contributed by atoms with van der Waals surface area (Å²) in [5, 5.41) is 0. The Bertz CT molecular complexity index is 438. The van der Waals surface area contributed by atoms with Crippen LogP contribution < -0.4 is 10.6 Å². The first-order chi connectivity index (χ1) is 9.24. The average molecular weight is 259 g/mol. The third kappa shape index (κ3) is 2.71. The van der Waals surface area contributed by atoms with Crippen LogP contribution in [0.15, 0.2) is 18.2 Å². The second-order valence-corrected chi connectivity index (χ2v) is 6.03. The highest BCUT2D eigenvalue weighted by molar-refractivity contribution is 5.59. The van der Waals surface area contributed by atoms with E-state index in [-0.39, 0.29) is 0 Å². The topological polar surface area (TPSA) is 32.5 Å². The van der Waals surface area contributed by atoms with E-state index in [1.807, 2.05) is 6.07 Å². The van der Waals surface area contributed by atoms with Gasteiger partial charge < -0.3 is 10.6 Å². The Hall–Kier alpha value is -1.22. The molecular weight excluding hydrogens is 234 g/mol. The number of aryl methyl sites for hydroxylation is 1. The molecular formula is C16H25N3. The van der Waals surface area contributed by atoms with Crippen molar-refractivity contribution in [3.63, 3.8) is 0 Å². The van der Waals surface area contributed by atoms with Gasteiger partial charge in [-0.25, -0.2) is 0 Å². The van der Waals surface area contributed by atoms with E-state index in [4.69, 9.17) is 5.73 Å². The highest BCUT2D eigenvalue weighted by Crippen LogP contribution is 2.28. The molecule has 2 saturated heterocycles. The van der Waals surface area contributed by atoms with Crippen molar-refractivity contribution >= 4 is 11.4 Å². The normalized spacial score (nSPS) is 24.9. The van der Waals surface area contributed by atoms with E-state index in [1.165, 1.54) is 63.1 Å². The molecule has 0 aliphatic carbocycles. The van der Waals surface area contributed by atoms with Crippen molar-refractivity contribution in [1.82, 2.24) is 4.90 Å². The van der Waals surface area contributed by atoms with Gasteiger partial charge in [-0.05, 0) is 63.0 Å². The highest BCUT2D eigenvalue weighted by Gasteiger charge is 2.28. The Labute approximate surface area is 116 Å². The van der Waals surface area contributed by atoms with Gasteiger partial charge >= 0.3 is 0 Å². The number of nitrogen functional groups attached to an aromatic ring is 1. The Kier molecular flexibility index (Phi) is 3.65. The van der Waals surface area contributed by atoms with Crippen molar-refractivity contribution in [3.8, 4) is 0 Å². The molecule has 3 heteroatoms. The van der Waals surface area contributed by atoms with Crippen molar-refractivity contribution < 1.29 is 0 Å². The maximum absolute atomic E-state index is 5.84. The SMILES string of the molecule is Cc1cc(N)ccc1N1CCC(N2CCCCC2)C1. The largest absolute Gasteiger partial charge is 0.399 e. The summed E-state index contributed by atoms with van der Waals surface area (Å²) in [4.78, 5) is 5.24. The number of benzene rings is 1. The molecule has 19 heavy (non-hydrogen) atoms. The number of likely N-dealkylation sites (tertiary alicyclic amines) is 1. The predicted molar refractivity (Wildman–Crippen MR) is 81.6 cm³/mol. The van der Waals surface area contributed by atoms with Gasteiger partial charge in [0, 0.05) is 30.5 Å². The van der Waals surface area contributed by atoms with Crippen LogP contribution in [0.1, 0.15) is 31.2 Å². The summed E-state index contributed by atoms with van der Waals surface area (Å²) in [5.74, 6) is 0. The van der Waals surface area contributed by atoms with Crippen molar-refractivity contribution in [1.29, 1.82) is 0 Å². The molecule has 3 rings (SSSR count). The Balaban J connectivity index is 1.67. The number of nitrogens with zero attached hydrogens (tertiary/aromatic N) is 2. The molecule has 0 amide bonds. The van der Waals surface area contributed by atoms with Crippen LogP contribution in [0.3, 0.4) is 0 Å². The molecule has 1 aromatic carbocycles. The van der Waals surface area contributed by atoms with Gasteiger partial charge in [0.05, 0.1) is 0 Å². The number of anilines is 2. The first kappa shape index (κ1) is 12.8. The summed E-state index contributed by atoms with van der Waals surface area (Å²) in [5.41, 5.74) is 9.39. The van der Waals surface area contributed by atoms with Crippen LogP contribution in [0.4, 0.5) is 11.4 Å². The minimum Gasteiger partial charge on any atom is -0.399 e. The van der Waals surface area contributed by atoms with Crippen LogP contribution in [0.25, 0.3) is 0 Å². The molecule has 3 nitrogen and oxygen atoms in total. The smallest absolute Gasteiger partial charge is 0.0397 e. The molecule has 2 aliphatic heterocycles. The summed E-state index contributed by atoms with van der Waals surface area (Å²) >= 11 is 0. The zero-order chi connectivity index (χ0) is 13.2. The minimum atomic E-state index is 0.761. The first-order valence-electron chi connectivity index (χ1n) is 7.59. The van der Waals surface area contributed by atoms with E-state index in [0.29, 0.717) is 0 Å². The average Bonchev–Trinajstić information content (AvgIpc) is 2.89. The third-order valence-corrected chi connectivity index (χ3v) is 4.63. The van der Waals surface area contributed by atoms with Crippen molar-refractivity contribution in [2.24, 2.45) is 0 Å². The van der Waals surface area contributed by atoms with Gasteiger partial charge in [-0.2, -0.15) is 0 Å². The first-order valence-corrected chi connectivity index (χ1v) is 7.59. The fourth-order valence-corrected chi connectivity index (χ4v) is 3.58. The number of piperidine rings is 1. The number of hydrogen-bond donors (Lipinski definition) is 1. The Morgan fingerprint density at radius 2 is 1.89 bits per heavy atom. The Morgan fingerprint density at radius 3 is 2.63 bits per heavy atom. The number of nitrogens with two attached hydrogens (primary N) is 1. The fourth-order valence-electron chi connectivity index (χ4n) is 3.58. The summed E-state index contributed by atoms with van der Waals surface area (Å²) in [6.07, 6.45) is 5.50. The molecule has 2 N–H and O–H groups in total. The number of hydrogen-bond acceptors (Lipinski definition) is 3. The lowest BCUT2D eigenvalue weighted by Crippen LogP contribution is -2.40. The predicted octanol–water partition coefficient (Wildman–Crippen LogP) is 2.64. The molecule has 0 aromatic heterocycles. The second-order valence-electron chi connectivity index (χ2n) is 6.03. The van der Waals surface area contributed by atoms with Gasteiger partial charge in [0.1, 0.15) is 0 Å². The van der Waals surface area contributed by atoms with Crippen molar-refractivity contribution in [2.45, 2.75) is 38.6 Å². The van der Waals surface area contributed by atoms with Crippen LogP contribution >= 0.6 is 0 Å². The van der Waals surface area contributed by atoms with Gasteiger partial charge in [0.2, 0.25) is 0 Å². The quantitative estimate of drug-likeness (QED) is 0.829. The molecule has 1 unspecified atom stereocenters. The molecule has 104 valence electrons. The van der Waals surface area contributed by atoms with Gasteiger partial charge in [0.15, 0.2) is 0 Å². The third-order valence-electron chi connectivity index (χ3n) is 4.63. The van der Waals surface area contributed by atoms with E-state index in [1.54, 1.807) is 0 Å². The standard InChI is InChI=1S/C16H25N3/c1-13-11-14(17)5-6-16(13)19-10-7-15(12-19)18-8-3-2-4-9-18/h5-6,11,15H,2-4,7-10,12,17H2,1H3. The van der Waals surface area contributed by atoms with Gasteiger partial charge in [-0.3, -0.25) is 4.90 Å². The zero-order valence-corrected chi connectivity index (χ0v) is 11.9. The van der Waals surface area contributed by atoms with Crippen LogP contribution in [0.2, 0.25) is 0 Å². The van der Waals surface area contributed by atoms with E-state index >= 15 is 0 Å². The highest BCUT2D eigenvalue weighted by atomic mass is 15.3. The summed E-state index contributed by atoms with van der Waals surface area (Å²) < 4.78 is 0. The fraction of sp³-hybridized carbons (Fsp3) is 0.625. The van der Waals surface area contributed by atoms with Crippen molar-refractivity contribution in [2.75, 3.05) is 36.8 Å². The molecule has 1 atom stereocenters. The maximum Gasteiger partial charge on any atom is 0.0397 e. The van der Waals surface area contributed by atoms with E-state index < -0.39 is 0 Å². The molecule has 1 aromatic rings. The van der Waals surface area contributed by atoms with Crippen LogP contribution in [0, 0.1) is 6.92 Å². The molecule has 2 fully saturated rings. The molecule has 0 radical (unpaired) electrons. The molecule has 0 bridgehead atoms. The van der Waals surface area contributed by atoms with E-state index in [2.05, 4.69) is 28.9 Å². The molecule has 0 spiro atoms. The lowest BCUT2D eigenvalue weighted by Gasteiger charge is -2.32. The maximum atomic E-state index is 5.84. The Morgan fingerprint density at radius 1 is 1.11 bits per heavy atom. The summed E-state index contributed by atoms with van der Waals surface area (Å²) in [7, 11) is 0. The lowest BCUT2D eigenvalue weighted by atomic mass is 10.1. The van der Waals surface area contributed by atoms with E-state index in [9.17, 15) is 0 Å². The lowest BCUT2D eigenvalue weighted by molar-refractivity contribution is 0.175. The molecule has 0 saturated carbocycles. The molecule has 2 heterocycles. The minimum absolute atomic E-state index is 0.761. The van der Waals surface area contributed by atoms with Crippen LogP contribution in [-0.2, 0) is 0 Å². The van der Waals surface area contributed by atoms with Crippen molar-refractivity contribution in [3.05, 3.63) is 23.8 Å². The van der Waals surface area contributed by atoms with Gasteiger partial charge in [0.25, 0.3) is 0 Å². The monoisotopic (exact) mass is 259 g/mol. The molecule has 2 aliphatic rings. The van der Waals surface area contributed by atoms with Crippen LogP contribution in [-0.4, -0.2) is 37.1 Å². The van der Waals surface area contributed by atoms with Crippen LogP contribution in [0.5, 0.6) is 0 Å². The van der Waals surface area contributed by atoms with Gasteiger partial charge in [-0.1, -0.05) is 6.42 Å². The van der Waals surface area contributed by atoms with Gasteiger partial charge in [-0.15, -0.1) is 0 Å². The second kappa shape index (κ2) is 5.41. The zero-order valence-electron chi connectivity index (χ0n) is 11.9. The summed E-state index contributed by atoms with van der Waals surface area (Å²) in [6, 6.07) is 7.06.